The molecule has 1 atom stereocenters. The van der Waals surface area contributed by atoms with Crippen molar-refractivity contribution in [1.82, 2.24) is 14.5 Å². The molecule has 0 bridgehead atoms. The standard InChI is InChI=1S/C21H25N3O/c1-14-9-10-22-18(11-14)12-16(3)23(4)21(25)19-13-17-8-6-7-15(2)20(17)24(19)5/h6-11,13,16H,12H2,1-5H3. The van der Waals surface area contributed by atoms with E-state index in [1.54, 1.807) is 0 Å². The van der Waals surface area contributed by atoms with Gasteiger partial charge in [-0.2, -0.15) is 0 Å². The summed E-state index contributed by atoms with van der Waals surface area (Å²) in [4.78, 5) is 19.3. The second-order valence-corrected chi connectivity index (χ2v) is 6.90. The Morgan fingerprint density at radius 3 is 2.68 bits per heavy atom. The molecule has 2 heterocycles. The number of amides is 1. The van der Waals surface area contributed by atoms with Gasteiger partial charge in [0.25, 0.3) is 5.91 Å². The van der Waals surface area contributed by atoms with Crippen molar-refractivity contribution in [1.29, 1.82) is 0 Å². The molecule has 1 amide bonds. The van der Waals surface area contributed by atoms with Crippen LogP contribution in [-0.2, 0) is 13.5 Å². The number of aromatic nitrogens is 2. The fourth-order valence-corrected chi connectivity index (χ4v) is 3.36. The molecule has 25 heavy (non-hydrogen) atoms. The van der Waals surface area contributed by atoms with Crippen LogP contribution in [0.5, 0.6) is 0 Å². The molecule has 1 aromatic carbocycles. The van der Waals surface area contributed by atoms with Crippen molar-refractivity contribution >= 4 is 16.8 Å². The molecule has 4 heteroatoms. The molecule has 0 radical (unpaired) electrons. The molecule has 0 aliphatic heterocycles. The van der Waals surface area contributed by atoms with Gasteiger partial charge in [-0.25, -0.2) is 0 Å². The first kappa shape index (κ1) is 17.2. The molecule has 130 valence electrons. The van der Waals surface area contributed by atoms with Crippen LogP contribution >= 0.6 is 0 Å². The summed E-state index contributed by atoms with van der Waals surface area (Å²) in [5.41, 5.74) is 5.22. The van der Waals surface area contributed by atoms with Crippen molar-refractivity contribution in [3.05, 3.63) is 65.1 Å². The minimum atomic E-state index is 0.0400. The Balaban J connectivity index is 1.85. The largest absolute Gasteiger partial charge is 0.339 e. The second-order valence-electron chi connectivity index (χ2n) is 6.90. The second kappa shape index (κ2) is 6.71. The van der Waals surface area contributed by atoms with Gasteiger partial charge in [0, 0.05) is 43.8 Å². The average molecular weight is 335 g/mol. The topological polar surface area (TPSA) is 38.1 Å². The number of fused-ring (bicyclic) bond motifs is 1. The molecule has 1 unspecified atom stereocenters. The van der Waals surface area contributed by atoms with Gasteiger partial charge in [0.1, 0.15) is 5.69 Å². The lowest BCUT2D eigenvalue weighted by atomic mass is 10.1. The van der Waals surface area contributed by atoms with Gasteiger partial charge >= 0.3 is 0 Å². The highest BCUT2D eigenvalue weighted by Crippen LogP contribution is 2.23. The number of hydrogen-bond acceptors (Lipinski definition) is 2. The van der Waals surface area contributed by atoms with Gasteiger partial charge in [-0.15, -0.1) is 0 Å². The zero-order chi connectivity index (χ0) is 18.1. The number of carbonyl (C=O) groups is 1. The van der Waals surface area contributed by atoms with E-state index in [4.69, 9.17) is 0 Å². The number of benzene rings is 1. The summed E-state index contributed by atoms with van der Waals surface area (Å²) in [5, 5.41) is 1.10. The molecule has 0 spiro atoms. The van der Waals surface area contributed by atoms with Gasteiger partial charge in [-0.1, -0.05) is 18.2 Å². The summed E-state index contributed by atoms with van der Waals surface area (Å²) in [6.45, 7) is 6.20. The van der Waals surface area contributed by atoms with Gasteiger partial charge in [0.15, 0.2) is 0 Å². The van der Waals surface area contributed by atoms with Gasteiger partial charge in [0.05, 0.1) is 5.52 Å². The number of likely N-dealkylation sites (N-methyl/N-ethyl adjacent to an activating group) is 1. The van der Waals surface area contributed by atoms with Crippen LogP contribution < -0.4 is 0 Å². The summed E-state index contributed by atoms with van der Waals surface area (Å²) in [6.07, 6.45) is 2.57. The van der Waals surface area contributed by atoms with Crippen molar-refractivity contribution in [3.8, 4) is 0 Å². The summed E-state index contributed by atoms with van der Waals surface area (Å²) >= 11 is 0. The third-order valence-corrected chi connectivity index (χ3v) is 4.94. The highest BCUT2D eigenvalue weighted by atomic mass is 16.2. The Bertz CT molecular complexity index is 926. The number of aryl methyl sites for hydroxylation is 3. The van der Waals surface area contributed by atoms with E-state index in [0.29, 0.717) is 0 Å². The predicted molar refractivity (Wildman–Crippen MR) is 102 cm³/mol. The van der Waals surface area contributed by atoms with E-state index >= 15 is 0 Å². The minimum Gasteiger partial charge on any atom is -0.339 e. The van der Waals surface area contributed by atoms with Crippen LogP contribution in [0.4, 0.5) is 0 Å². The molecular formula is C21H25N3O. The van der Waals surface area contributed by atoms with Crippen LogP contribution in [0.1, 0.15) is 34.2 Å². The smallest absolute Gasteiger partial charge is 0.270 e. The van der Waals surface area contributed by atoms with Crippen molar-refractivity contribution in [2.24, 2.45) is 7.05 Å². The van der Waals surface area contributed by atoms with E-state index in [-0.39, 0.29) is 11.9 Å². The first-order valence-corrected chi connectivity index (χ1v) is 8.62. The minimum absolute atomic E-state index is 0.0400. The molecule has 2 aromatic heterocycles. The van der Waals surface area contributed by atoms with E-state index < -0.39 is 0 Å². The molecule has 0 aliphatic rings. The Labute approximate surface area is 149 Å². The van der Waals surface area contributed by atoms with Gasteiger partial charge in [-0.3, -0.25) is 9.78 Å². The molecule has 4 nitrogen and oxygen atoms in total. The van der Waals surface area contributed by atoms with Crippen LogP contribution in [0.25, 0.3) is 10.9 Å². The van der Waals surface area contributed by atoms with Gasteiger partial charge in [-0.05, 0) is 50.1 Å². The fourth-order valence-electron chi connectivity index (χ4n) is 3.36. The highest BCUT2D eigenvalue weighted by Gasteiger charge is 2.22. The van der Waals surface area contributed by atoms with Crippen LogP contribution in [0, 0.1) is 13.8 Å². The maximum atomic E-state index is 13.0. The third kappa shape index (κ3) is 3.29. The summed E-state index contributed by atoms with van der Waals surface area (Å²) in [6, 6.07) is 12.3. The Hall–Kier alpha value is -2.62. The van der Waals surface area contributed by atoms with E-state index in [2.05, 4.69) is 44.0 Å². The number of nitrogens with zero attached hydrogens (tertiary/aromatic N) is 3. The molecule has 3 aromatic rings. The maximum absolute atomic E-state index is 13.0. The Morgan fingerprint density at radius 2 is 2.00 bits per heavy atom. The van der Waals surface area contributed by atoms with E-state index in [9.17, 15) is 4.79 Å². The van der Waals surface area contributed by atoms with Gasteiger partial charge < -0.3 is 9.47 Å². The van der Waals surface area contributed by atoms with Crippen molar-refractivity contribution < 1.29 is 4.79 Å². The molecule has 0 N–H and O–H groups in total. The SMILES string of the molecule is Cc1ccnc(CC(C)N(C)C(=O)c2cc3cccc(C)c3n2C)c1. The zero-order valence-electron chi connectivity index (χ0n) is 15.6. The average Bonchev–Trinajstić information content (AvgIpc) is 2.91. The Morgan fingerprint density at radius 1 is 1.24 bits per heavy atom. The normalized spacial score (nSPS) is 12.4. The number of pyridine rings is 1. The number of carbonyl (C=O) groups excluding carboxylic acids is 1. The van der Waals surface area contributed by atoms with Crippen molar-refractivity contribution in [2.75, 3.05) is 7.05 Å². The van der Waals surface area contributed by atoms with Crippen molar-refractivity contribution in [3.63, 3.8) is 0 Å². The molecule has 0 saturated carbocycles. The lowest BCUT2D eigenvalue weighted by Gasteiger charge is -2.25. The number of rotatable bonds is 4. The molecule has 0 fully saturated rings. The molecule has 0 saturated heterocycles. The predicted octanol–water partition coefficient (Wildman–Crippen LogP) is 3.89. The van der Waals surface area contributed by atoms with E-state index in [0.717, 1.165) is 28.7 Å². The first-order chi connectivity index (χ1) is 11.9. The highest BCUT2D eigenvalue weighted by molar-refractivity contribution is 5.99. The first-order valence-electron chi connectivity index (χ1n) is 8.62. The summed E-state index contributed by atoms with van der Waals surface area (Å²) in [7, 11) is 3.83. The Kier molecular flexibility index (Phi) is 4.62. The number of para-hydroxylation sites is 1. The third-order valence-electron chi connectivity index (χ3n) is 4.94. The zero-order valence-corrected chi connectivity index (χ0v) is 15.6. The monoisotopic (exact) mass is 335 g/mol. The lowest BCUT2D eigenvalue weighted by molar-refractivity contribution is 0.0734. The van der Waals surface area contributed by atoms with Crippen LogP contribution in [-0.4, -0.2) is 33.4 Å². The van der Waals surface area contributed by atoms with E-state index in [1.165, 1.54) is 11.1 Å². The van der Waals surface area contributed by atoms with Crippen molar-refractivity contribution in [2.45, 2.75) is 33.2 Å². The number of hydrogen-bond donors (Lipinski definition) is 0. The van der Waals surface area contributed by atoms with Gasteiger partial charge in [0.2, 0.25) is 0 Å². The molecular weight excluding hydrogens is 310 g/mol. The summed E-state index contributed by atoms with van der Waals surface area (Å²) < 4.78 is 2.00. The quantitative estimate of drug-likeness (QED) is 0.725. The fraction of sp³-hybridized carbons (Fsp3) is 0.333. The van der Waals surface area contributed by atoms with Crippen LogP contribution in [0.3, 0.4) is 0 Å². The maximum Gasteiger partial charge on any atom is 0.270 e. The molecule has 0 aliphatic carbocycles. The van der Waals surface area contributed by atoms with Crippen LogP contribution in [0.2, 0.25) is 0 Å². The lowest BCUT2D eigenvalue weighted by Crippen LogP contribution is -2.37. The molecule has 3 rings (SSSR count). The van der Waals surface area contributed by atoms with Crippen LogP contribution in [0.15, 0.2) is 42.6 Å². The van der Waals surface area contributed by atoms with E-state index in [1.807, 2.05) is 48.0 Å². The summed E-state index contributed by atoms with van der Waals surface area (Å²) in [5.74, 6) is 0.0400.